The van der Waals surface area contributed by atoms with Gasteiger partial charge in [-0.2, -0.15) is 0 Å². The third-order valence-corrected chi connectivity index (χ3v) is 3.66. The molecule has 4 heteroatoms. The van der Waals surface area contributed by atoms with Crippen molar-refractivity contribution in [3.63, 3.8) is 0 Å². The second-order valence-electron chi connectivity index (χ2n) is 5.03. The number of benzene rings is 1. The third kappa shape index (κ3) is 2.44. The highest BCUT2D eigenvalue weighted by Crippen LogP contribution is 2.13. The molecular weight excluding hydrogens is 236 g/mol. The largest absolute Gasteiger partial charge is 0.353 e. The molecule has 0 atom stereocenters. The molecule has 1 aromatic carbocycles. The summed E-state index contributed by atoms with van der Waals surface area (Å²) in [6, 6.07) is 12.0. The van der Waals surface area contributed by atoms with E-state index >= 15 is 0 Å². The molecule has 1 aliphatic rings. The molecular formula is C15H18N4. The molecule has 0 amide bonds. The molecule has 1 N–H and O–H groups in total. The van der Waals surface area contributed by atoms with Crippen LogP contribution in [-0.4, -0.2) is 53.8 Å². The Kier molecular flexibility index (Phi) is 3.17. The van der Waals surface area contributed by atoms with E-state index in [1.165, 1.54) is 0 Å². The number of amidine groups is 1. The van der Waals surface area contributed by atoms with E-state index in [-0.39, 0.29) is 0 Å². The fourth-order valence-electron chi connectivity index (χ4n) is 2.39. The number of nitrogens with one attached hydrogen (secondary N) is 1. The Bertz CT molecular complexity index is 600. The fraction of sp³-hybridized carbons (Fsp3) is 0.333. The molecule has 19 heavy (non-hydrogen) atoms. The van der Waals surface area contributed by atoms with Crippen molar-refractivity contribution in [2.24, 2.45) is 0 Å². The Morgan fingerprint density at radius 2 is 1.79 bits per heavy atom. The normalized spacial score (nSPS) is 16.8. The van der Waals surface area contributed by atoms with Gasteiger partial charge >= 0.3 is 0 Å². The van der Waals surface area contributed by atoms with Gasteiger partial charge in [-0.15, -0.1) is 0 Å². The zero-order valence-electron chi connectivity index (χ0n) is 11.1. The highest BCUT2D eigenvalue weighted by atomic mass is 15.3. The molecule has 3 rings (SSSR count). The van der Waals surface area contributed by atoms with Crippen LogP contribution < -0.4 is 0 Å². The number of piperazine rings is 1. The molecule has 2 heterocycles. The number of likely N-dealkylation sites (N-methyl/N-ethyl adjacent to an activating group) is 1. The predicted octanol–water partition coefficient (Wildman–Crippen LogP) is 1.81. The van der Waals surface area contributed by atoms with Crippen LogP contribution in [-0.2, 0) is 0 Å². The zero-order valence-corrected chi connectivity index (χ0v) is 11.1. The van der Waals surface area contributed by atoms with Gasteiger partial charge in [0.15, 0.2) is 0 Å². The number of hydrogen-bond acceptors (Lipinski definition) is 3. The predicted molar refractivity (Wildman–Crippen MR) is 77.6 cm³/mol. The highest BCUT2D eigenvalue weighted by Gasteiger charge is 2.18. The summed E-state index contributed by atoms with van der Waals surface area (Å²) in [4.78, 5) is 8.99. The Labute approximate surface area is 113 Å². The van der Waals surface area contributed by atoms with Gasteiger partial charge in [-0.05, 0) is 19.2 Å². The maximum atomic E-state index is 8.31. The van der Waals surface area contributed by atoms with Gasteiger partial charge in [0.2, 0.25) is 0 Å². The first-order chi connectivity index (χ1) is 9.24. The number of fused-ring (bicyclic) bond motifs is 1. The molecule has 1 aliphatic heterocycles. The average Bonchev–Trinajstić information content (AvgIpc) is 2.47. The van der Waals surface area contributed by atoms with Crippen LogP contribution in [0.5, 0.6) is 0 Å². The molecule has 0 radical (unpaired) electrons. The number of pyridine rings is 1. The van der Waals surface area contributed by atoms with Crippen LogP contribution in [0.4, 0.5) is 0 Å². The number of aromatic nitrogens is 1. The summed E-state index contributed by atoms with van der Waals surface area (Å²) in [6.07, 6.45) is 0. The molecule has 1 fully saturated rings. The van der Waals surface area contributed by atoms with E-state index in [4.69, 9.17) is 5.41 Å². The maximum absolute atomic E-state index is 8.31. The monoisotopic (exact) mass is 254 g/mol. The van der Waals surface area contributed by atoms with Crippen LogP contribution in [0.15, 0.2) is 36.4 Å². The van der Waals surface area contributed by atoms with E-state index in [1.54, 1.807) is 0 Å². The summed E-state index contributed by atoms with van der Waals surface area (Å²) >= 11 is 0. The highest BCUT2D eigenvalue weighted by molar-refractivity contribution is 5.96. The minimum absolute atomic E-state index is 0.541. The van der Waals surface area contributed by atoms with E-state index in [0.717, 1.165) is 42.8 Å². The number of para-hydroxylation sites is 1. The molecule has 2 aromatic rings. The fourth-order valence-corrected chi connectivity index (χ4v) is 2.39. The van der Waals surface area contributed by atoms with Crippen molar-refractivity contribution in [3.05, 3.63) is 42.1 Å². The van der Waals surface area contributed by atoms with Crippen LogP contribution >= 0.6 is 0 Å². The van der Waals surface area contributed by atoms with E-state index in [2.05, 4.69) is 21.8 Å². The van der Waals surface area contributed by atoms with Crippen molar-refractivity contribution in [3.8, 4) is 0 Å². The smallest absolute Gasteiger partial charge is 0.147 e. The lowest BCUT2D eigenvalue weighted by atomic mass is 10.2. The van der Waals surface area contributed by atoms with Crippen molar-refractivity contribution >= 4 is 16.7 Å². The molecule has 0 saturated carbocycles. The first-order valence-corrected chi connectivity index (χ1v) is 6.62. The van der Waals surface area contributed by atoms with Gasteiger partial charge < -0.3 is 9.80 Å². The molecule has 0 spiro atoms. The summed E-state index contributed by atoms with van der Waals surface area (Å²) < 4.78 is 0. The van der Waals surface area contributed by atoms with Crippen LogP contribution in [0.25, 0.3) is 10.9 Å². The summed E-state index contributed by atoms with van der Waals surface area (Å²) in [6.45, 7) is 3.83. The van der Waals surface area contributed by atoms with Gasteiger partial charge in [0.05, 0.1) is 5.52 Å². The Balaban J connectivity index is 1.85. The molecule has 1 saturated heterocycles. The average molecular weight is 254 g/mol. The minimum Gasteiger partial charge on any atom is -0.353 e. The standard InChI is InChI=1S/C15H18N4/c1-18-8-10-19(11-9-18)15(16)14-7-6-12-4-2-3-5-13(12)17-14/h2-7,16H,8-11H2,1H3. The van der Waals surface area contributed by atoms with E-state index in [1.807, 2.05) is 36.4 Å². The van der Waals surface area contributed by atoms with Crippen LogP contribution in [0.1, 0.15) is 5.69 Å². The first-order valence-electron chi connectivity index (χ1n) is 6.62. The second kappa shape index (κ2) is 4.97. The summed E-state index contributed by atoms with van der Waals surface area (Å²) in [5.41, 5.74) is 1.72. The number of hydrogen-bond donors (Lipinski definition) is 1. The van der Waals surface area contributed by atoms with Crippen LogP contribution in [0, 0.1) is 5.41 Å². The lowest BCUT2D eigenvalue weighted by molar-refractivity contribution is 0.215. The van der Waals surface area contributed by atoms with Gasteiger partial charge in [-0.3, -0.25) is 5.41 Å². The Morgan fingerprint density at radius 1 is 1.05 bits per heavy atom. The van der Waals surface area contributed by atoms with E-state index < -0.39 is 0 Å². The quantitative estimate of drug-likeness (QED) is 0.623. The molecule has 98 valence electrons. The van der Waals surface area contributed by atoms with Gasteiger partial charge in [0.1, 0.15) is 11.5 Å². The Morgan fingerprint density at radius 3 is 2.58 bits per heavy atom. The lowest BCUT2D eigenvalue weighted by Crippen LogP contribution is -2.47. The number of nitrogens with zero attached hydrogens (tertiary/aromatic N) is 3. The minimum atomic E-state index is 0.541. The van der Waals surface area contributed by atoms with E-state index in [9.17, 15) is 0 Å². The third-order valence-electron chi connectivity index (χ3n) is 3.66. The molecule has 4 nitrogen and oxygen atoms in total. The van der Waals surface area contributed by atoms with Gasteiger partial charge in [0.25, 0.3) is 0 Å². The molecule has 0 unspecified atom stereocenters. The van der Waals surface area contributed by atoms with Crippen molar-refractivity contribution in [1.29, 1.82) is 5.41 Å². The van der Waals surface area contributed by atoms with Gasteiger partial charge in [-0.25, -0.2) is 4.98 Å². The molecule has 0 aliphatic carbocycles. The Hall–Kier alpha value is -1.94. The zero-order chi connectivity index (χ0) is 13.2. The summed E-state index contributed by atoms with van der Waals surface area (Å²) in [5.74, 6) is 0.541. The van der Waals surface area contributed by atoms with Crippen LogP contribution in [0.2, 0.25) is 0 Å². The molecule has 0 bridgehead atoms. The number of rotatable bonds is 1. The lowest BCUT2D eigenvalue weighted by Gasteiger charge is -2.33. The van der Waals surface area contributed by atoms with Crippen molar-refractivity contribution in [1.82, 2.24) is 14.8 Å². The SMILES string of the molecule is CN1CCN(C(=N)c2ccc3ccccc3n2)CC1. The van der Waals surface area contributed by atoms with Crippen LogP contribution in [0.3, 0.4) is 0 Å². The second-order valence-corrected chi connectivity index (χ2v) is 5.03. The maximum Gasteiger partial charge on any atom is 0.147 e. The summed E-state index contributed by atoms with van der Waals surface area (Å²) in [5, 5.41) is 9.43. The van der Waals surface area contributed by atoms with Gasteiger partial charge in [-0.1, -0.05) is 24.3 Å². The van der Waals surface area contributed by atoms with Crippen molar-refractivity contribution in [2.45, 2.75) is 0 Å². The first kappa shape index (κ1) is 12.1. The van der Waals surface area contributed by atoms with Gasteiger partial charge in [0, 0.05) is 31.6 Å². The van der Waals surface area contributed by atoms with Crippen molar-refractivity contribution in [2.75, 3.05) is 33.2 Å². The summed E-state index contributed by atoms with van der Waals surface area (Å²) in [7, 11) is 2.12. The van der Waals surface area contributed by atoms with Crippen molar-refractivity contribution < 1.29 is 0 Å². The van der Waals surface area contributed by atoms with E-state index in [0.29, 0.717) is 5.84 Å². The molecule has 1 aromatic heterocycles. The topological polar surface area (TPSA) is 43.2 Å².